The number of hydrogen-bond acceptors (Lipinski definition) is 6. The lowest BCUT2D eigenvalue weighted by atomic mass is 9.99. The molecule has 3 aromatic heterocycles. The van der Waals surface area contributed by atoms with Gasteiger partial charge in [-0.1, -0.05) is 6.42 Å². The molecule has 0 amide bonds. The number of imidazole rings is 1. The second-order valence-electron chi connectivity index (χ2n) is 6.76. The first kappa shape index (κ1) is 17.4. The normalized spacial score (nSPS) is 18.4. The fraction of sp³-hybridized carbons (Fsp3) is 0.500. The van der Waals surface area contributed by atoms with Crippen LogP contribution in [0.2, 0.25) is 0 Å². The van der Waals surface area contributed by atoms with Crippen LogP contribution in [0.4, 0.5) is 0 Å². The van der Waals surface area contributed by atoms with E-state index in [0.717, 1.165) is 42.1 Å². The predicted molar refractivity (Wildman–Crippen MR) is 98.7 cm³/mol. The van der Waals surface area contributed by atoms with Gasteiger partial charge in [0.25, 0.3) is 0 Å². The third-order valence-electron chi connectivity index (χ3n) is 4.89. The molecule has 0 radical (unpaired) electrons. The predicted octanol–water partition coefficient (Wildman–Crippen LogP) is 3.20. The van der Waals surface area contributed by atoms with E-state index in [0.29, 0.717) is 6.04 Å². The molecular formula is C18H24N6OS. The van der Waals surface area contributed by atoms with Crippen LogP contribution in [0, 0.1) is 0 Å². The number of furan rings is 1. The summed E-state index contributed by atoms with van der Waals surface area (Å²) in [6.45, 7) is 3.03. The Bertz CT molecular complexity index is 811. The number of rotatable bonds is 7. The fourth-order valence-electron chi connectivity index (χ4n) is 3.47. The van der Waals surface area contributed by atoms with Crippen LogP contribution in [-0.2, 0) is 20.1 Å². The maximum atomic E-state index is 6.04. The van der Waals surface area contributed by atoms with Crippen molar-refractivity contribution in [2.24, 2.45) is 7.05 Å². The maximum Gasteiger partial charge on any atom is 0.198 e. The molecular weight excluding hydrogens is 348 g/mol. The summed E-state index contributed by atoms with van der Waals surface area (Å²) in [5, 5.41) is 9.70. The first-order chi connectivity index (χ1) is 12.8. The van der Waals surface area contributed by atoms with Gasteiger partial charge in [-0.05, 0) is 49.7 Å². The summed E-state index contributed by atoms with van der Waals surface area (Å²) in [7, 11) is 1.94. The van der Waals surface area contributed by atoms with Crippen LogP contribution in [0.25, 0.3) is 0 Å². The van der Waals surface area contributed by atoms with Crippen LogP contribution >= 0.6 is 11.8 Å². The van der Waals surface area contributed by atoms with Crippen LogP contribution in [0.15, 0.2) is 51.8 Å². The van der Waals surface area contributed by atoms with Gasteiger partial charge in [0.05, 0.1) is 12.9 Å². The van der Waals surface area contributed by atoms with Crippen molar-refractivity contribution in [1.82, 2.24) is 29.2 Å². The van der Waals surface area contributed by atoms with Gasteiger partial charge in [0.1, 0.15) is 12.1 Å². The van der Waals surface area contributed by atoms with E-state index >= 15 is 0 Å². The Morgan fingerprint density at radius 3 is 3.04 bits per heavy atom. The molecule has 8 heteroatoms. The average molecular weight is 372 g/mol. The van der Waals surface area contributed by atoms with Gasteiger partial charge in [0, 0.05) is 32.0 Å². The molecule has 1 atom stereocenters. The molecule has 0 aromatic carbocycles. The highest BCUT2D eigenvalue weighted by atomic mass is 32.2. The van der Waals surface area contributed by atoms with Crippen LogP contribution in [-0.4, -0.2) is 41.8 Å². The van der Waals surface area contributed by atoms with Gasteiger partial charge in [0.2, 0.25) is 0 Å². The minimum atomic E-state index is 0.603. The van der Waals surface area contributed by atoms with Crippen molar-refractivity contribution < 1.29 is 4.42 Å². The third kappa shape index (κ3) is 4.19. The van der Waals surface area contributed by atoms with E-state index < -0.39 is 0 Å². The molecule has 1 fully saturated rings. The lowest BCUT2D eigenvalue weighted by Gasteiger charge is -2.35. The van der Waals surface area contributed by atoms with E-state index in [1.165, 1.54) is 31.0 Å². The van der Waals surface area contributed by atoms with Crippen molar-refractivity contribution in [2.75, 3.05) is 6.54 Å². The van der Waals surface area contributed by atoms with E-state index in [9.17, 15) is 0 Å². The molecule has 0 N–H and O–H groups in total. The minimum absolute atomic E-state index is 0.603. The lowest BCUT2D eigenvalue weighted by Crippen LogP contribution is -2.39. The van der Waals surface area contributed by atoms with Gasteiger partial charge >= 0.3 is 0 Å². The SMILES string of the molecule is Cn1cnnc1Sc1ccc(CN2CCCC[C@@H]2CCn2ccnc2)o1. The Morgan fingerprint density at radius 1 is 1.27 bits per heavy atom. The first-order valence-corrected chi connectivity index (χ1v) is 9.90. The van der Waals surface area contributed by atoms with Crippen molar-refractivity contribution in [2.45, 2.75) is 55.1 Å². The Labute approximate surface area is 157 Å². The smallest absolute Gasteiger partial charge is 0.198 e. The Morgan fingerprint density at radius 2 is 2.23 bits per heavy atom. The Hall–Kier alpha value is -2.06. The second-order valence-corrected chi connectivity index (χ2v) is 7.73. The van der Waals surface area contributed by atoms with E-state index in [-0.39, 0.29) is 0 Å². The standard InChI is InChI=1S/C18H24N6OS/c1-22-14-20-21-18(22)26-17-6-5-16(25-17)12-24-9-3-2-4-15(24)7-10-23-11-8-19-13-23/h5-6,8,11,13-15H,2-4,7,9-10,12H2,1H3/t15-/m1/s1. The molecule has 4 heterocycles. The summed E-state index contributed by atoms with van der Waals surface area (Å²) in [5.41, 5.74) is 0. The molecule has 4 rings (SSSR count). The molecule has 0 aliphatic carbocycles. The summed E-state index contributed by atoms with van der Waals surface area (Å²) in [6.07, 6.45) is 12.5. The molecule has 0 saturated carbocycles. The van der Waals surface area contributed by atoms with Crippen molar-refractivity contribution in [1.29, 1.82) is 0 Å². The minimum Gasteiger partial charge on any atom is -0.453 e. The van der Waals surface area contributed by atoms with E-state index in [1.807, 2.05) is 36.4 Å². The van der Waals surface area contributed by atoms with Gasteiger partial charge in [0.15, 0.2) is 10.2 Å². The summed E-state index contributed by atoms with van der Waals surface area (Å²) in [4.78, 5) is 6.70. The molecule has 0 unspecified atom stereocenters. The van der Waals surface area contributed by atoms with Gasteiger partial charge < -0.3 is 13.6 Å². The lowest BCUT2D eigenvalue weighted by molar-refractivity contribution is 0.117. The molecule has 0 bridgehead atoms. The summed E-state index contributed by atoms with van der Waals surface area (Å²) < 4.78 is 10.1. The monoisotopic (exact) mass is 372 g/mol. The van der Waals surface area contributed by atoms with Crippen molar-refractivity contribution >= 4 is 11.8 Å². The number of piperidine rings is 1. The molecule has 1 saturated heterocycles. The number of likely N-dealkylation sites (tertiary alicyclic amines) is 1. The molecule has 138 valence electrons. The largest absolute Gasteiger partial charge is 0.453 e. The van der Waals surface area contributed by atoms with E-state index in [4.69, 9.17) is 4.42 Å². The van der Waals surface area contributed by atoms with Gasteiger partial charge in [-0.3, -0.25) is 4.90 Å². The number of hydrogen-bond donors (Lipinski definition) is 0. The van der Waals surface area contributed by atoms with Crippen molar-refractivity contribution in [3.8, 4) is 0 Å². The number of aromatic nitrogens is 5. The van der Waals surface area contributed by atoms with E-state index in [2.05, 4.69) is 30.7 Å². The van der Waals surface area contributed by atoms with Gasteiger partial charge in [-0.25, -0.2) is 4.98 Å². The van der Waals surface area contributed by atoms with Crippen LogP contribution in [0.3, 0.4) is 0 Å². The number of nitrogens with zero attached hydrogens (tertiary/aromatic N) is 6. The van der Waals surface area contributed by atoms with Crippen LogP contribution in [0.5, 0.6) is 0 Å². The summed E-state index contributed by atoms with van der Waals surface area (Å²) in [5.74, 6) is 1.02. The molecule has 26 heavy (non-hydrogen) atoms. The molecule has 0 spiro atoms. The van der Waals surface area contributed by atoms with Crippen LogP contribution < -0.4 is 0 Å². The van der Waals surface area contributed by atoms with Gasteiger partial charge in [-0.15, -0.1) is 10.2 Å². The van der Waals surface area contributed by atoms with Crippen LogP contribution in [0.1, 0.15) is 31.4 Å². The highest BCUT2D eigenvalue weighted by molar-refractivity contribution is 7.99. The highest BCUT2D eigenvalue weighted by Gasteiger charge is 2.23. The quantitative estimate of drug-likeness (QED) is 0.635. The summed E-state index contributed by atoms with van der Waals surface area (Å²) in [6, 6.07) is 4.71. The number of aryl methyl sites for hydroxylation is 2. The highest BCUT2D eigenvalue weighted by Crippen LogP contribution is 2.29. The summed E-state index contributed by atoms with van der Waals surface area (Å²) >= 11 is 1.51. The topological polar surface area (TPSA) is 64.9 Å². The molecule has 3 aromatic rings. The molecule has 7 nitrogen and oxygen atoms in total. The zero-order chi connectivity index (χ0) is 17.8. The maximum absolute atomic E-state index is 6.04. The van der Waals surface area contributed by atoms with Crippen molar-refractivity contribution in [3.63, 3.8) is 0 Å². The zero-order valence-electron chi connectivity index (χ0n) is 15.0. The third-order valence-corrected chi connectivity index (χ3v) is 5.86. The second kappa shape index (κ2) is 8.09. The molecule has 1 aliphatic heterocycles. The molecule has 1 aliphatic rings. The first-order valence-electron chi connectivity index (χ1n) is 9.08. The zero-order valence-corrected chi connectivity index (χ0v) is 15.8. The average Bonchev–Trinajstić information content (AvgIpc) is 3.39. The Kier molecular flexibility index (Phi) is 5.40. The fourth-order valence-corrected chi connectivity index (χ4v) is 4.21. The Balaban J connectivity index is 1.36. The van der Waals surface area contributed by atoms with Gasteiger partial charge in [-0.2, -0.15) is 0 Å². The van der Waals surface area contributed by atoms with Crippen molar-refractivity contribution in [3.05, 3.63) is 42.9 Å². The van der Waals surface area contributed by atoms with E-state index in [1.54, 1.807) is 6.33 Å².